The zero-order chi connectivity index (χ0) is 14.1. The highest BCUT2D eigenvalue weighted by atomic mass is 16.5. The molecule has 1 aromatic carbocycles. The van der Waals surface area contributed by atoms with Crippen LogP contribution >= 0.6 is 0 Å². The van der Waals surface area contributed by atoms with Gasteiger partial charge in [0, 0.05) is 12.5 Å². The summed E-state index contributed by atoms with van der Waals surface area (Å²) in [5.41, 5.74) is 1.90. The summed E-state index contributed by atoms with van der Waals surface area (Å²) in [6, 6.07) is 11.9. The number of nitrogens with zero attached hydrogens (tertiary/aromatic N) is 5. The number of hydrogen-bond donors (Lipinski definition) is 1. The number of hydrogen-bond acceptors (Lipinski definition) is 6. The molecule has 0 bridgehead atoms. The first-order valence-corrected chi connectivity index (χ1v) is 6.88. The summed E-state index contributed by atoms with van der Waals surface area (Å²) in [6.07, 6.45) is 1.01. The molecule has 0 saturated heterocycles. The number of rotatable bonds is 3. The molecule has 106 valence electrons. The highest BCUT2D eigenvalue weighted by Gasteiger charge is 2.19. The van der Waals surface area contributed by atoms with E-state index in [4.69, 9.17) is 4.74 Å². The number of ether oxygens (including phenoxy) is 1. The highest BCUT2D eigenvalue weighted by molar-refractivity contribution is 5.42. The van der Waals surface area contributed by atoms with Gasteiger partial charge in [0.1, 0.15) is 11.6 Å². The van der Waals surface area contributed by atoms with Crippen LogP contribution < -0.4 is 10.1 Å². The number of para-hydroxylation sites is 1. The second kappa shape index (κ2) is 5.01. The Balaban J connectivity index is 1.43. The molecule has 0 aliphatic carbocycles. The number of aromatic nitrogens is 5. The van der Waals surface area contributed by atoms with E-state index in [0.717, 1.165) is 31.1 Å². The molecule has 7 heteroatoms. The molecule has 3 heterocycles. The maximum atomic E-state index is 5.78. The van der Waals surface area contributed by atoms with E-state index < -0.39 is 0 Å². The number of anilines is 1. The molecule has 1 aliphatic heterocycles. The normalized spacial score (nSPS) is 17.2. The molecule has 3 aromatic rings. The van der Waals surface area contributed by atoms with Crippen LogP contribution in [-0.2, 0) is 6.42 Å². The third-order valence-corrected chi connectivity index (χ3v) is 3.60. The lowest BCUT2D eigenvalue weighted by Gasteiger charge is -2.25. The molecule has 1 aliphatic rings. The SMILES string of the molecule is c1ccc2c(c1)CC(CNc1ccc3nnnn3n1)CO2. The average molecular weight is 282 g/mol. The Morgan fingerprint density at radius 1 is 1.24 bits per heavy atom. The van der Waals surface area contributed by atoms with Crippen LogP contribution in [0.15, 0.2) is 36.4 Å². The zero-order valence-corrected chi connectivity index (χ0v) is 11.3. The minimum atomic E-state index is 0.422. The van der Waals surface area contributed by atoms with Crippen LogP contribution in [0.1, 0.15) is 5.56 Å². The van der Waals surface area contributed by atoms with E-state index in [1.54, 1.807) is 0 Å². The predicted molar refractivity (Wildman–Crippen MR) is 76.2 cm³/mol. The summed E-state index contributed by atoms with van der Waals surface area (Å²) in [7, 11) is 0. The molecule has 0 amide bonds. The molecule has 0 fully saturated rings. The van der Waals surface area contributed by atoms with Gasteiger partial charge in [-0.05, 0) is 40.6 Å². The van der Waals surface area contributed by atoms with Crippen molar-refractivity contribution in [2.75, 3.05) is 18.5 Å². The molecule has 1 atom stereocenters. The molecule has 0 saturated carbocycles. The Morgan fingerprint density at radius 2 is 2.19 bits per heavy atom. The molecule has 1 N–H and O–H groups in total. The van der Waals surface area contributed by atoms with E-state index in [-0.39, 0.29) is 0 Å². The van der Waals surface area contributed by atoms with Gasteiger partial charge >= 0.3 is 0 Å². The number of benzene rings is 1. The van der Waals surface area contributed by atoms with Gasteiger partial charge in [-0.25, -0.2) is 0 Å². The molecule has 7 nitrogen and oxygen atoms in total. The molecule has 2 aromatic heterocycles. The van der Waals surface area contributed by atoms with Crippen molar-refractivity contribution in [1.82, 2.24) is 25.3 Å². The molecule has 0 spiro atoms. The van der Waals surface area contributed by atoms with Crippen molar-refractivity contribution < 1.29 is 4.74 Å². The van der Waals surface area contributed by atoms with Gasteiger partial charge in [-0.3, -0.25) is 0 Å². The molecule has 4 rings (SSSR count). The third kappa shape index (κ3) is 2.37. The summed E-state index contributed by atoms with van der Waals surface area (Å²) in [5.74, 6) is 2.18. The fourth-order valence-corrected chi connectivity index (χ4v) is 2.51. The topological polar surface area (TPSA) is 77.2 Å². The van der Waals surface area contributed by atoms with Crippen LogP contribution in [0.25, 0.3) is 5.65 Å². The van der Waals surface area contributed by atoms with Crippen molar-refractivity contribution in [1.29, 1.82) is 0 Å². The Bertz CT molecular complexity index is 771. The van der Waals surface area contributed by atoms with Crippen LogP contribution in [-0.4, -0.2) is 38.4 Å². The predicted octanol–water partition coefficient (Wildman–Crippen LogP) is 1.18. The maximum Gasteiger partial charge on any atom is 0.200 e. The molecule has 1 unspecified atom stereocenters. The monoisotopic (exact) mass is 282 g/mol. The fourth-order valence-electron chi connectivity index (χ4n) is 2.51. The second-order valence-electron chi connectivity index (χ2n) is 5.11. The smallest absolute Gasteiger partial charge is 0.200 e. The lowest BCUT2D eigenvalue weighted by molar-refractivity contribution is 0.229. The molecular formula is C14H14N6O. The first-order chi connectivity index (χ1) is 10.4. The molecular weight excluding hydrogens is 268 g/mol. The summed E-state index contributed by atoms with van der Waals surface area (Å²) in [5, 5.41) is 18.8. The van der Waals surface area contributed by atoms with Gasteiger partial charge in [0.25, 0.3) is 0 Å². The second-order valence-corrected chi connectivity index (χ2v) is 5.11. The lowest BCUT2D eigenvalue weighted by atomic mass is 9.97. The van der Waals surface area contributed by atoms with Crippen molar-refractivity contribution in [2.24, 2.45) is 5.92 Å². The Hall–Kier alpha value is -2.70. The van der Waals surface area contributed by atoms with Crippen molar-refractivity contribution in [3.63, 3.8) is 0 Å². The molecule has 21 heavy (non-hydrogen) atoms. The van der Waals surface area contributed by atoms with Crippen LogP contribution in [0.2, 0.25) is 0 Å². The number of fused-ring (bicyclic) bond motifs is 2. The van der Waals surface area contributed by atoms with E-state index in [2.05, 4.69) is 32.0 Å². The van der Waals surface area contributed by atoms with Crippen LogP contribution in [0.4, 0.5) is 5.82 Å². The van der Waals surface area contributed by atoms with Gasteiger partial charge in [0.05, 0.1) is 6.61 Å². The lowest BCUT2D eigenvalue weighted by Crippen LogP contribution is -2.27. The van der Waals surface area contributed by atoms with Crippen LogP contribution in [0, 0.1) is 5.92 Å². The number of tetrazole rings is 1. The Kier molecular flexibility index (Phi) is 2.88. The quantitative estimate of drug-likeness (QED) is 0.777. The van der Waals surface area contributed by atoms with Gasteiger partial charge < -0.3 is 10.1 Å². The van der Waals surface area contributed by atoms with Crippen LogP contribution in [0.5, 0.6) is 5.75 Å². The Labute approximate surface area is 120 Å². The van der Waals surface area contributed by atoms with Gasteiger partial charge in [0.2, 0.25) is 0 Å². The fraction of sp³-hybridized carbons (Fsp3) is 0.286. The third-order valence-electron chi connectivity index (χ3n) is 3.60. The van der Waals surface area contributed by atoms with Gasteiger partial charge in [-0.2, -0.15) is 0 Å². The average Bonchev–Trinajstić information content (AvgIpc) is 3.00. The zero-order valence-electron chi connectivity index (χ0n) is 11.3. The standard InChI is InChI=1S/C14H14N6O/c1-2-4-12-11(3-1)7-10(9-21-12)8-15-13-5-6-14-16-18-19-20(14)17-13/h1-6,10H,7-9H2,(H,15,17). The minimum Gasteiger partial charge on any atom is -0.493 e. The van der Waals surface area contributed by atoms with Crippen molar-refractivity contribution in [3.05, 3.63) is 42.0 Å². The van der Waals surface area contributed by atoms with Crippen LogP contribution in [0.3, 0.4) is 0 Å². The van der Waals surface area contributed by atoms with E-state index in [1.165, 1.54) is 10.2 Å². The summed E-state index contributed by atoms with van der Waals surface area (Å²) in [4.78, 5) is 0. The first kappa shape index (κ1) is 12.1. The van der Waals surface area contributed by atoms with E-state index in [9.17, 15) is 0 Å². The highest BCUT2D eigenvalue weighted by Crippen LogP contribution is 2.26. The van der Waals surface area contributed by atoms with Crippen molar-refractivity contribution in [2.45, 2.75) is 6.42 Å². The summed E-state index contributed by atoms with van der Waals surface area (Å²) >= 11 is 0. The van der Waals surface area contributed by atoms with Gasteiger partial charge in [-0.15, -0.1) is 14.8 Å². The minimum absolute atomic E-state index is 0.422. The van der Waals surface area contributed by atoms with E-state index >= 15 is 0 Å². The van der Waals surface area contributed by atoms with Crippen molar-refractivity contribution >= 4 is 11.5 Å². The molecule has 0 radical (unpaired) electrons. The maximum absolute atomic E-state index is 5.78. The van der Waals surface area contributed by atoms with Crippen molar-refractivity contribution in [3.8, 4) is 5.75 Å². The summed E-state index contributed by atoms with van der Waals surface area (Å²) in [6.45, 7) is 1.52. The van der Waals surface area contributed by atoms with E-state index in [1.807, 2.05) is 30.3 Å². The van der Waals surface area contributed by atoms with E-state index in [0.29, 0.717) is 11.6 Å². The van der Waals surface area contributed by atoms with Gasteiger partial charge in [-0.1, -0.05) is 18.2 Å². The first-order valence-electron chi connectivity index (χ1n) is 6.88. The Morgan fingerprint density at radius 3 is 3.19 bits per heavy atom. The number of nitrogens with one attached hydrogen (secondary N) is 1. The van der Waals surface area contributed by atoms with Gasteiger partial charge in [0.15, 0.2) is 5.65 Å². The largest absolute Gasteiger partial charge is 0.493 e. The summed E-state index contributed by atoms with van der Waals surface area (Å²) < 4.78 is 7.20.